The van der Waals surface area contributed by atoms with Gasteiger partial charge in [-0.1, -0.05) is 18.2 Å². The largest absolute Gasteiger partial charge is 0.460 e. The number of ether oxygens (including phenoxy) is 1. The number of furan rings is 1. The summed E-state index contributed by atoms with van der Waals surface area (Å²) in [5.74, 6) is 1.58. The van der Waals surface area contributed by atoms with Gasteiger partial charge in [-0.3, -0.25) is 9.69 Å². The van der Waals surface area contributed by atoms with Gasteiger partial charge in [0.1, 0.15) is 17.4 Å². The van der Waals surface area contributed by atoms with Crippen molar-refractivity contribution < 1.29 is 19.1 Å². The number of piperidine rings is 1. The summed E-state index contributed by atoms with van der Waals surface area (Å²) in [7, 11) is 0. The number of benzene rings is 1. The Bertz CT molecular complexity index is 880. The summed E-state index contributed by atoms with van der Waals surface area (Å²) in [4.78, 5) is 14.8. The molecule has 1 aromatic carbocycles. The van der Waals surface area contributed by atoms with E-state index in [1.54, 1.807) is 0 Å². The minimum Gasteiger partial charge on any atom is -0.460 e. The summed E-state index contributed by atoms with van der Waals surface area (Å²) in [5, 5.41) is 15.6. The van der Waals surface area contributed by atoms with Crippen molar-refractivity contribution in [1.82, 2.24) is 10.2 Å². The zero-order valence-electron chi connectivity index (χ0n) is 17.7. The third-order valence-corrected chi connectivity index (χ3v) is 7.27. The Balaban J connectivity index is 1.21. The van der Waals surface area contributed by atoms with Crippen LogP contribution in [0.1, 0.15) is 51.2 Å². The van der Waals surface area contributed by atoms with Crippen molar-refractivity contribution in [3.05, 3.63) is 36.1 Å². The van der Waals surface area contributed by atoms with Crippen LogP contribution in [0.4, 0.5) is 0 Å². The topological polar surface area (TPSA) is 74.9 Å². The number of nitrogens with zero attached hydrogens (tertiary/aromatic N) is 1. The number of nitrogens with one attached hydrogen (secondary N) is 1. The fraction of sp³-hybridized carbons (Fsp3) is 0.625. The molecule has 3 aliphatic rings. The molecule has 6 heteroatoms. The Morgan fingerprint density at radius 3 is 2.73 bits per heavy atom. The second kappa shape index (κ2) is 7.66. The number of fused-ring (bicyclic) bond motifs is 1. The summed E-state index contributed by atoms with van der Waals surface area (Å²) >= 11 is 0. The fourth-order valence-electron chi connectivity index (χ4n) is 5.19. The normalized spacial score (nSPS) is 29.3. The Morgan fingerprint density at radius 2 is 2.00 bits per heavy atom. The van der Waals surface area contributed by atoms with Crippen molar-refractivity contribution >= 4 is 16.9 Å². The third-order valence-electron chi connectivity index (χ3n) is 7.27. The Hall–Kier alpha value is -1.89. The summed E-state index contributed by atoms with van der Waals surface area (Å²) in [6, 6.07) is 10.2. The molecule has 0 radical (unpaired) electrons. The van der Waals surface area contributed by atoms with E-state index in [-0.39, 0.29) is 5.91 Å². The lowest BCUT2D eigenvalue weighted by atomic mass is 9.73. The SMILES string of the molecule is C[C@@]1(NC(=O)CC2CC2)CCOC2(CCN(Cc3cc4ccccc4o3)CC2)[C@H]1O. The van der Waals surface area contributed by atoms with Crippen LogP contribution in [0, 0.1) is 5.92 Å². The van der Waals surface area contributed by atoms with Gasteiger partial charge in [0.15, 0.2) is 0 Å². The Morgan fingerprint density at radius 1 is 1.23 bits per heavy atom. The molecule has 1 amide bonds. The molecule has 0 unspecified atom stereocenters. The van der Waals surface area contributed by atoms with E-state index >= 15 is 0 Å². The van der Waals surface area contributed by atoms with Crippen LogP contribution in [0.25, 0.3) is 11.0 Å². The van der Waals surface area contributed by atoms with Crippen molar-refractivity contribution in [2.75, 3.05) is 19.7 Å². The quantitative estimate of drug-likeness (QED) is 0.789. The van der Waals surface area contributed by atoms with Crippen LogP contribution in [0.15, 0.2) is 34.7 Å². The standard InChI is InChI=1S/C24H32N2O4/c1-23(25-21(27)14-17-6-7-17)10-13-29-24(22(23)28)8-11-26(12-9-24)16-19-15-18-4-2-3-5-20(18)30-19/h2-5,15,17,22,28H,6-14,16H2,1H3,(H,25,27)/t22-,23+/m0/s1. The predicted molar refractivity (Wildman–Crippen MR) is 114 cm³/mol. The zero-order valence-corrected chi connectivity index (χ0v) is 17.7. The Labute approximate surface area is 177 Å². The van der Waals surface area contributed by atoms with Gasteiger partial charge in [-0.25, -0.2) is 0 Å². The van der Waals surface area contributed by atoms with Crippen LogP contribution < -0.4 is 5.32 Å². The lowest BCUT2D eigenvalue weighted by molar-refractivity contribution is -0.208. The van der Waals surface area contributed by atoms with Gasteiger partial charge in [0, 0.05) is 31.5 Å². The highest BCUT2D eigenvalue weighted by Crippen LogP contribution is 2.41. The first-order chi connectivity index (χ1) is 14.5. The van der Waals surface area contributed by atoms with E-state index in [0.717, 1.165) is 62.0 Å². The maximum absolute atomic E-state index is 12.4. The first kappa shape index (κ1) is 20.0. The highest BCUT2D eigenvalue weighted by molar-refractivity contribution is 5.78. The van der Waals surface area contributed by atoms with Gasteiger partial charge in [0.25, 0.3) is 0 Å². The minimum absolute atomic E-state index is 0.0680. The van der Waals surface area contributed by atoms with Crippen LogP contribution in [0.2, 0.25) is 0 Å². The first-order valence-corrected chi connectivity index (χ1v) is 11.3. The predicted octanol–water partition coefficient (Wildman–Crippen LogP) is 3.22. The highest BCUT2D eigenvalue weighted by atomic mass is 16.5. The van der Waals surface area contributed by atoms with Gasteiger partial charge in [-0.15, -0.1) is 0 Å². The zero-order chi connectivity index (χ0) is 20.8. The molecule has 1 aliphatic carbocycles. The number of hydrogen-bond acceptors (Lipinski definition) is 5. The second-order valence-corrected chi connectivity index (χ2v) is 9.71. The molecule has 2 atom stereocenters. The molecule has 1 spiro atoms. The molecule has 30 heavy (non-hydrogen) atoms. The van der Waals surface area contributed by atoms with E-state index in [0.29, 0.717) is 25.4 Å². The van der Waals surface area contributed by atoms with Gasteiger partial charge < -0.3 is 19.6 Å². The van der Waals surface area contributed by atoms with Gasteiger partial charge in [0.05, 0.1) is 17.7 Å². The number of hydrogen-bond donors (Lipinski definition) is 2. The molecule has 2 aliphatic heterocycles. The molecule has 1 saturated carbocycles. The lowest BCUT2D eigenvalue weighted by Crippen LogP contribution is -2.69. The van der Waals surface area contributed by atoms with E-state index in [4.69, 9.17) is 9.15 Å². The number of amides is 1. The van der Waals surface area contributed by atoms with Gasteiger partial charge in [-0.05, 0) is 57.1 Å². The van der Waals surface area contributed by atoms with Crippen molar-refractivity contribution in [3.63, 3.8) is 0 Å². The first-order valence-electron chi connectivity index (χ1n) is 11.3. The van der Waals surface area contributed by atoms with Crippen LogP contribution in [0.3, 0.4) is 0 Å². The maximum Gasteiger partial charge on any atom is 0.220 e. The van der Waals surface area contributed by atoms with Crippen LogP contribution in [0.5, 0.6) is 0 Å². The maximum atomic E-state index is 12.4. The van der Waals surface area contributed by atoms with Crippen LogP contribution in [-0.4, -0.2) is 52.9 Å². The molecule has 2 N–H and O–H groups in total. The van der Waals surface area contributed by atoms with E-state index in [1.807, 2.05) is 25.1 Å². The average molecular weight is 413 g/mol. The molecule has 3 fully saturated rings. The molecule has 2 saturated heterocycles. The summed E-state index contributed by atoms with van der Waals surface area (Å²) in [5.41, 5.74) is -0.278. The van der Waals surface area contributed by atoms with E-state index < -0.39 is 17.2 Å². The highest BCUT2D eigenvalue weighted by Gasteiger charge is 2.53. The van der Waals surface area contributed by atoms with Crippen molar-refractivity contribution in [1.29, 1.82) is 0 Å². The number of likely N-dealkylation sites (tertiary alicyclic amines) is 1. The second-order valence-electron chi connectivity index (χ2n) is 9.71. The van der Waals surface area contributed by atoms with Gasteiger partial charge >= 0.3 is 0 Å². The third kappa shape index (κ3) is 3.88. The van der Waals surface area contributed by atoms with Crippen molar-refractivity contribution in [2.24, 2.45) is 5.92 Å². The molecule has 1 aromatic heterocycles. The summed E-state index contributed by atoms with van der Waals surface area (Å²) < 4.78 is 12.2. The van der Waals surface area contributed by atoms with Gasteiger partial charge in [-0.2, -0.15) is 0 Å². The Kier molecular flexibility index (Phi) is 5.12. The average Bonchev–Trinajstić information content (AvgIpc) is 3.43. The molecular weight excluding hydrogens is 380 g/mol. The summed E-state index contributed by atoms with van der Waals surface area (Å²) in [6.45, 7) is 4.98. The van der Waals surface area contributed by atoms with Crippen LogP contribution >= 0.6 is 0 Å². The molecule has 5 rings (SSSR count). The van der Waals surface area contributed by atoms with E-state index in [2.05, 4.69) is 22.3 Å². The van der Waals surface area contributed by atoms with Crippen molar-refractivity contribution in [3.8, 4) is 0 Å². The number of para-hydroxylation sites is 1. The van der Waals surface area contributed by atoms with E-state index in [1.165, 1.54) is 0 Å². The number of carbonyl (C=O) groups excluding carboxylic acids is 1. The molecule has 3 heterocycles. The lowest BCUT2D eigenvalue weighted by Gasteiger charge is -2.53. The van der Waals surface area contributed by atoms with Crippen LogP contribution in [-0.2, 0) is 16.1 Å². The fourth-order valence-corrected chi connectivity index (χ4v) is 5.19. The molecular formula is C24H32N2O4. The van der Waals surface area contributed by atoms with Crippen molar-refractivity contribution in [2.45, 2.75) is 69.2 Å². The molecule has 6 nitrogen and oxygen atoms in total. The van der Waals surface area contributed by atoms with E-state index in [9.17, 15) is 9.90 Å². The van der Waals surface area contributed by atoms with Gasteiger partial charge in [0.2, 0.25) is 5.91 Å². The number of aliphatic hydroxyl groups excluding tert-OH is 1. The number of aliphatic hydroxyl groups is 1. The smallest absolute Gasteiger partial charge is 0.220 e. The monoisotopic (exact) mass is 412 g/mol. The molecule has 0 bridgehead atoms. The molecule has 162 valence electrons. The molecule has 2 aromatic rings. The number of rotatable bonds is 5. The summed E-state index contributed by atoms with van der Waals surface area (Å²) in [6.07, 6.45) is 4.35. The number of carbonyl (C=O) groups is 1. The minimum atomic E-state index is -0.699.